The van der Waals surface area contributed by atoms with Crippen molar-refractivity contribution in [1.29, 1.82) is 0 Å². The highest BCUT2D eigenvalue weighted by atomic mass is 35.5. The molecular formula is C19H17ClN2O5. The fraction of sp³-hybridized carbons (Fsp3) is 0.211. The molecule has 2 atom stereocenters. The van der Waals surface area contributed by atoms with Gasteiger partial charge in [0.15, 0.2) is 12.2 Å². The molecule has 0 bridgehead atoms. The van der Waals surface area contributed by atoms with Crippen LogP contribution in [0.4, 0.5) is 11.4 Å². The molecule has 0 saturated heterocycles. The molecule has 2 N–H and O–H groups in total. The van der Waals surface area contributed by atoms with Crippen LogP contribution in [0.2, 0.25) is 5.02 Å². The monoisotopic (exact) mass is 388 g/mol. The second kappa shape index (κ2) is 8.09. The van der Waals surface area contributed by atoms with Crippen molar-refractivity contribution in [2.45, 2.75) is 25.6 Å². The van der Waals surface area contributed by atoms with E-state index in [-0.39, 0.29) is 6.42 Å². The molecule has 140 valence electrons. The van der Waals surface area contributed by atoms with Gasteiger partial charge in [-0.3, -0.25) is 14.4 Å². The lowest BCUT2D eigenvalue weighted by Crippen LogP contribution is -2.40. The number of fused-ring (bicyclic) bond motifs is 1. The van der Waals surface area contributed by atoms with Crippen LogP contribution in [0.3, 0.4) is 0 Å². The van der Waals surface area contributed by atoms with Crippen LogP contribution in [0, 0.1) is 0 Å². The molecule has 2 aromatic carbocycles. The maximum atomic E-state index is 12.2. The molecule has 1 aliphatic heterocycles. The smallest absolute Gasteiger partial charge is 0.310 e. The van der Waals surface area contributed by atoms with Crippen LogP contribution in [-0.4, -0.2) is 30.0 Å². The Morgan fingerprint density at radius 1 is 1.22 bits per heavy atom. The van der Waals surface area contributed by atoms with E-state index in [9.17, 15) is 14.4 Å². The molecular weight excluding hydrogens is 372 g/mol. The molecule has 2 aromatic rings. The Labute approximate surface area is 160 Å². The summed E-state index contributed by atoms with van der Waals surface area (Å²) in [5.41, 5.74) is 0.957. The lowest BCUT2D eigenvalue weighted by Gasteiger charge is -2.25. The number of esters is 1. The van der Waals surface area contributed by atoms with Gasteiger partial charge in [-0.25, -0.2) is 0 Å². The zero-order valence-corrected chi connectivity index (χ0v) is 15.2. The van der Waals surface area contributed by atoms with Crippen molar-refractivity contribution < 1.29 is 23.9 Å². The SMILES string of the molecule is C[C@@H](OC(=O)C[C@@H]1Oc2ccccc2NC1=O)C(=O)Nc1ccccc1Cl. The van der Waals surface area contributed by atoms with Crippen molar-refractivity contribution in [2.24, 2.45) is 0 Å². The third-order valence-electron chi connectivity index (χ3n) is 3.87. The average molecular weight is 389 g/mol. The van der Waals surface area contributed by atoms with Crippen LogP contribution in [-0.2, 0) is 19.1 Å². The zero-order chi connectivity index (χ0) is 19.4. The highest BCUT2D eigenvalue weighted by Crippen LogP contribution is 2.29. The summed E-state index contributed by atoms with van der Waals surface area (Å²) < 4.78 is 10.6. The number of nitrogens with one attached hydrogen (secondary N) is 2. The molecule has 0 aromatic heterocycles. The van der Waals surface area contributed by atoms with Gasteiger partial charge in [-0.05, 0) is 31.2 Å². The predicted molar refractivity (Wildman–Crippen MR) is 99.7 cm³/mol. The van der Waals surface area contributed by atoms with E-state index in [0.29, 0.717) is 22.1 Å². The third kappa shape index (κ3) is 4.57. The number of carbonyl (C=O) groups excluding carboxylic acids is 3. The maximum absolute atomic E-state index is 12.2. The van der Waals surface area contributed by atoms with Gasteiger partial charge in [0.1, 0.15) is 5.75 Å². The first-order valence-electron chi connectivity index (χ1n) is 8.25. The normalized spacial score (nSPS) is 16.4. The second-order valence-corrected chi connectivity index (χ2v) is 6.30. The minimum atomic E-state index is -1.06. The van der Waals surface area contributed by atoms with Gasteiger partial charge in [0, 0.05) is 0 Å². The van der Waals surface area contributed by atoms with Crippen LogP contribution in [0.15, 0.2) is 48.5 Å². The van der Waals surface area contributed by atoms with E-state index in [1.165, 1.54) is 6.92 Å². The quantitative estimate of drug-likeness (QED) is 0.768. The van der Waals surface area contributed by atoms with Gasteiger partial charge >= 0.3 is 5.97 Å². The van der Waals surface area contributed by atoms with Crippen molar-refractivity contribution in [2.75, 3.05) is 10.6 Å². The summed E-state index contributed by atoms with van der Waals surface area (Å²) in [5, 5.41) is 5.62. The van der Waals surface area contributed by atoms with Gasteiger partial charge in [-0.1, -0.05) is 35.9 Å². The van der Waals surface area contributed by atoms with Crippen LogP contribution in [0.1, 0.15) is 13.3 Å². The molecule has 7 nitrogen and oxygen atoms in total. The first kappa shape index (κ1) is 18.7. The molecule has 2 amide bonds. The van der Waals surface area contributed by atoms with Gasteiger partial charge in [0.25, 0.3) is 11.8 Å². The Morgan fingerprint density at radius 2 is 1.93 bits per heavy atom. The molecule has 8 heteroatoms. The number of carbonyl (C=O) groups is 3. The molecule has 0 fully saturated rings. The van der Waals surface area contributed by atoms with Gasteiger partial charge in [0.05, 0.1) is 22.8 Å². The van der Waals surface area contributed by atoms with Gasteiger partial charge in [0.2, 0.25) is 0 Å². The summed E-state index contributed by atoms with van der Waals surface area (Å²) >= 11 is 5.98. The summed E-state index contributed by atoms with van der Waals surface area (Å²) in [4.78, 5) is 36.3. The Balaban J connectivity index is 1.55. The number of halogens is 1. The minimum Gasteiger partial charge on any atom is -0.478 e. The van der Waals surface area contributed by atoms with Gasteiger partial charge in [-0.15, -0.1) is 0 Å². The Bertz CT molecular complexity index is 886. The Kier molecular flexibility index (Phi) is 5.61. The number of ether oxygens (including phenoxy) is 2. The molecule has 0 radical (unpaired) electrons. The number of para-hydroxylation sites is 3. The van der Waals surface area contributed by atoms with E-state index >= 15 is 0 Å². The first-order valence-corrected chi connectivity index (χ1v) is 8.63. The van der Waals surface area contributed by atoms with E-state index in [2.05, 4.69) is 10.6 Å². The number of benzene rings is 2. The van der Waals surface area contributed by atoms with Crippen molar-refractivity contribution in [3.8, 4) is 5.75 Å². The molecule has 0 aliphatic carbocycles. The van der Waals surface area contributed by atoms with Gasteiger partial charge < -0.3 is 20.1 Å². The standard InChI is InChI=1S/C19H17ClN2O5/c1-11(18(24)21-13-7-3-2-6-12(13)20)26-17(23)10-16-19(25)22-14-8-4-5-9-15(14)27-16/h2-9,11,16H,10H2,1H3,(H,21,24)(H,22,25)/t11-,16+/m1/s1. The fourth-order valence-electron chi connectivity index (χ4n) is 2.47. The molecule has 0 unspecified atom stereocenters. The van der Waals surface area contributed by atoms with Crippen LogP contribution < -0.4 is 15.4 Å². The summed E-state index contributed by atoms with van der Waals surface area (Å²) in [6.45, 7) is 1.43. The summed E-state index contributed by atoms with van der Waals surface area (Å²) in [7, 11) is 0. The van der Waals surface area contributed by atoms with E-state index in [4.69, 9.17) is 21.1 Å². The topological polar surface area (TPSA) is 93.7 Å². The predicted octanol–water partition coefficient (Wildman–Crippen LogP) is 3.00. The Morgan fingerprint density at radius 3 is 2.70 bits per heavy atom. The van der Waals surface area contributed by atoms with Crippen molar-refractivity contribution in [3.05, 3.63) is 53.6 Å². The van der Waals surface area contributed by atoms with Crippen LogP contribution >= 0.6 is 11.6 Å². The molecule has 0 saturated carbocycles. The highest BCUT2D eigenvalue weighted by Gasteiger charge is 2.31. The fourth-order valence-corrected chi connectivity index (χ4v) is 2.66. The van der Waals surface area contributed by atoms with Crippen LogP contribution in [0.25, 0.3) is 0 Å². The van der Waals surface area contributed by atoms with E-state index < -0.39 is 30.0 Å². The molecule has 1 heterocycles. The maximum Gasteiger partial charge on any atom is 0.310 e. The van der Waals surface area contributed by atoms with Crippen molar-refractivity contribution in [1.82, 2.24) is 0 Å². The van der Waals surface area contributed by atoms with Gasteiger partial charge in [-0.2, -0.15) is 0 Å². The van der Waals surface area contributed by atoms with E-state index in [0.717, 1.165) is 0 Å². The number of rotatable bonds is 5. The summed E-state index contributed by atoms with van der Waals surface area (Å²) in [6.07, 6.45) is -2.40. The average Bonchev–Trinajstić information content (AvgIpc) is 2.64. The molecule has 0 spiro atoms. The van der Waals surface area contributed by atoms with E-state index in [1.807, 2.05) is 0 Å². The number of amides is 2. The van der Waals surface area contributed by atoms with Crippen molar-refractivity contribution in [3.63, 3.8) is 0 Å². The van der Waals surface area contributed by atoms with Crippen molar-refractivity contribution >= 4 is 40.8 Å². The molecule has 3 rings (SSSR count). The molecule has 1 aliphatic rings. The number of anilines is 2. The summed E-state index contributed by atoms with van der Waals surface area (Å²) in [6, 6.07) is 13.6. The number of hydrogen-bond acceptors (Lipinski definition) is 5. The summed E-state index contributed by atoms with van der Waals surface area (Å²) in [5.74, 6) is -1.23. The molecule has 27 heavy (non-hydrogen) atoms. The first-order chi connectivity index (χ1) is 12.9. The minimum absolute atomic E-state index is 0.316. The second-order valence-electron chi connectivity index (χ2n) is 5.90. The largest absolute Gasteiger partial charge is 0.478 e. The Hall–Kier alpha value is -3.06. The lowest BCUT2D eigenvalue weighted by molar-refractivity contribution is -0.155. The van der Waals surface area contributed by atoms with Crippen LogP contribution in [0.5, 0.6) is 5.75 Å². The lowest BCUT2D eigenvalue weighted by atomic mass is 10.1. The number of hydrogen-bond donors (Lipinski definition) is 2. The zero-order valence-electron chi connectivity index (χ0n) is 14.4. The van der Waals surface area contributed by atoms with E-state index in [1.54, 1.807) is 48.5 Å². The highest BCUT2D eigenvalue weighted by molar-refractivity contribution is 6.33. The third-order valence-corrected chi connectivity index (χ3v) is 4.20.